The highest BCUT2D eigenvalue weighted by Crippen LogP contribution is 2.13. The van der Waals surface area contributed by atoms with Gasteiger partial charge in [0.05, 0.1) is 6.42 Å². The Labute approximate surface area is 132 Å². The number of amides is 3. The van der Waals surface area contributed by atoms with Gasteiger partial charge < -0.3 is 19.9 Å². The quantitative estimate of drug-likeness (QED) is 0.752. The molecule has 2 N–H and O–H groups in total. The molecule has 0 saturated carbocycles. The summed E-state index contributed by atoms with van der Waals surface area (Å²) in [6.45, 7) is 2.02. The first-order valence-electron chi connectivity index (χ1n) is 7.32. The predicted molar refractivity (Wildman–Crippen MR) is 81.6 cm³/mol. The van der Waals surface area contributed by atoms with Crippen molar-refractivity contribution in [2.75, 3.05) is 26.2 Å². The summed E-state index contributed by atoms with van der Waals surface area (Å²) >= 11 is 0. The highest BCUT2D eigenvalue weighted by atomic mass is 16.2. The van der Waals surface area contributed by atoms with Crippen LogP contribution in [0.1, 0.15) is 16.2 Å². The lowest BCUT2D eigenvalue weighted by Gasteiger charge is -2.32. The van der Waals surface area contributed by atoms with E-state index >= 15 is 0 Å². The van der Waals surface area contributed by atoms with Gasteiger partial charge in [-0.3, -0.25) is 14.4 Å². The standard InChI is InChI=1S/C15H17N5O3/c16-13(22)8-11-2-1-3-14-17-12(9-20(11)14)15(23)19-6-4-18(10-21)5-7-19/h1-3,9-10H,4-8H2,(H2,16,22). The van der Waals surface area contributed by atoms with Crippen molar-refractivity contribution in [3.63, 3.8) is 0 Å². The highest BCUT2D eigenvalue weighted by Gasteiger charge is 2.23. The van der Waals surface area contributed by atoms with E-state index in [2.05, 4.69) is 4.98 Å². The minimum atomic E-state index is -0.441. The van der Waals surface area contributed by atoms with Crippen LogP contribution in [0.5, 0.6) is 0 Å². The number of hydrogen-bond donors (Lipinski definition) is 1. The van der Waals surface area contributed by atoms with Gasteiger partial charge in [-0.05, 0) is 12.1 Å². The van der Waals surface area contributed by atoms with Crippen LogP contribution in [0.15, 0.2) is 24.4 Å². The van der Waals surface area contributed by atoms with E-state index in [1.807, 2.05) is 0 Å². The minimum absolute atomic E-state index is 0.0827. The zero-order valence-electron chi connectivity index (χ0n) is 12.5. The maximum absolute atomic E-state index is 12.5. The largest absolute Gasteiger partial charge is 0.369 e. The highest BCUT2D eigenvalue weighted by molar-refractivity contribution is 5.93. The molecule has 0 aromatic carbocycles. The molecule has 8 nitrogen and oxygen atoms in total. The summed E-state index contributed by atoms with van der Waals surface area (Å²) < 4.78 is 1.71. The van der Waals surface area contributed by atoms with Crippen LogP contribution < -0.4 is 5.73 Å². The number of fused-ring (bicyclic) bond motifs is 1. The third-order valence-electron chi connectivity index (χ3n) is 3.90. The lowest BCUT2D eigenvalue weighted by molar-refractivity contribution is -0.119. The average molecular weight is 315 g/mol. The molecule has 23 heavy (non-hydrogen) atoms. The van der Waals surface area contributed by atoms with Gasteiger partial charge in [-0.2, -0.15) is 0 Å². The van der Waals surface area contributed by atoms with Crippen LogP contribution in [0.25, 0.3) is 5.65 Å². The molecule has 0 bridgehead atoms. The van der Waals surface area contributed by atoms with Gasteiger partial charge in [0.2, 0.25) is 12.3 Å². The van der Waals surface area contributed by atoms with E-state index in [4.69, 9.17) is 5.73 Å². The first kappa shape index (κ1) is 15.0. The lowest BCUT2D eigenvalue weighted by Crippen LogP contribution is -2.48. The molecule has 0 atom stereocenters. The molecular formula is C15H17N5O3. The van der Waals surface area contributed by atoms with Gasteiger partial charge in [0, 0.05) is 38.1 Å². The van der Waals surface area contributed by atoms with Crippen molar-refractivity contribution in [1.82, 2.24) is 19.2 Å². The Bertz CT molecular complexity index is 762. The molecule has 3 heterocycles. The summed E-state index contributed by atoms with van der Waals surface area (Å²) in [4.78, 5) is 42.1. The van der Waals surface area contributed by atoms with Crippen LogP contribution in [-0.2, 0) is 16.0 Å². The van der Waals surface area contributed by atoms with Crippen LogP contribution in [0, 0.1) is 0 Å². The summed E-state index contributed by atoms with van der Waals surface area (Å²) in [5.41, 5.74) is 6.85. The number of rotatable bonds is 4. The zero-order chi connectivity index (χ0) is 16.4. The van der Waals surface area contributed by atoms with Crippen LogP contribution in [0.3, 0.4) is 0 Å². The number of hydrogen-bond acceptors (Lipinski definition) is 4. The SMILES string of the molecule is NC(=O)Cc1cccc2nc(C(=O)N3CCN(C=O)CC3)cn12. The van der Waals surface area contributed by atoms with Crippen molar-refractivity contribution < 1.29 is 14.4 Å². The first-order chi connectivity index (χ1) is 11.1. The Hall–Kier alpha value is -2.90. The molecule has 0 aliphatic carbocycles. The minimum Gasteiger partial charge on any atom is -0.369 e. The molecule has 3 rings (SSSR count). The number of carbonyl (C=O) groups is 3. The van der Waals surface area contributed by atoms with Crippen LogP contribution in [-0.4, -0.2) is 63.6 Å². The Kier molecular flexibility index (Phi) is 3.96. The van der Waals surface area contributed by atoms with E-state index in [1.165, 1.54) is 0 Å². The van der Waals surface area contributed by atoms with Gasteiger partial charge in [0.25, 0.3) is 5.91 Å². The summed E-state index contributed by atoms with van der Waals surface area (Å²) in [7, 11) is 0. The number of nitrogens with two attached hydrogens (primary N) is 1. The second-order valence-corrected chi connectivity index (χ2v) is 5.45. The molecule has 1 aliphatic rings. The van der Waals surface area contributed by atoms with Gasteiger partial charge in [0.15, 0.2) is 0 Å². The van der Waals surface area contributed by atoms with E-state index < -0.39 is 5.91 Å². The molecule has 0 radical (unpaired) electrons. The van der Waals surface area contributed by atoms with Gasteiger partial charge in [0.1, 0.15) is 11.3 Å². The second-order valence-electron chi connectivity index (χ2n) is 5.45. The number of imidazole rings is 1. The normalized spacial score (nSPS) is 15.0. The molecule has 120 valence electrons. The number of nitrogens with zero attached hydrogens (tertiary/aromatic N) is 4. The molecule has 0 unspecified atom stereocenters. The van der Waals surface area contributed by atoms with E-state index in [0.717, 1.165) is 6.41 Å². The summed E-state index contributed by atoms with van der Waals surface area (Å²) in [6.07, 6.45) is 2.50. The number of primary amides is 1. The molecule has 8 heteroatoms. The molecule has 1 aliphatic heterocycles. The average Bonchev–Trinajstić information content (AvgIpc) is 2.99. The maximum Gasteiger partial charge on any atom is 0.274 e. The summed E-state index contributed by atoms with van der Waals surface area (Å²) in [6, 6.07) is 5.32. The van der Waals surface area contributed by atoms with Crippen molar-refractivity contribution in [3.05, 3.63) is 35.8 Å². The van der Waals surface area contributed by atoms with E-state index in [1.54, 1.807) is 38.6 Å². The Balaban J connectivity index is 1.84. The van der Waals surface area contributed by atoms with Crippen molar-refractivity contribution in [2.24, 2.45) is 5.73 Å². The van der Waals surface area contributed by atoms with E-state index in [-0.39, 0.29) is 12.3 Å². The molecule has 3 amide bonds. The summed E-state index contributed by atoms with van der Waals surface area (Å²) in [5.74, 6) is -0.617. The van der Waals surface area contributed by atoms with Gasteiger partial charge >= 0.3 is 0 Å². The van der Waals surface area contributed by atoms with Crippen LogP contribution in [0.4, 0.5) is 0 Å². The molecule has 1 fully saturated rings. The maximum atomic E-state index is 12.5. The lowest BCUT2D eigenvalue weighted by atomic mass is 10.2. The topological polar surface area (TPSA) is 101 Å². The Morgan fingerprint density at radius 2 is 1.96 bits per heavy atom. The number of aromatic nitrogens is 2. The van der Waals surface area contributed by atoms with Gasteiger partial charge in [-0.25, -0.2) is 4.98 Å². The van der Waals surface area contributed by atoms with Crippen LogP contribution in [0.2, 0.25) is 0 Å². The zero-order valence-corrected chi connectivity index (χ0v) is 12.5. The molecule has 1 saturated heterocycles. The fourth-order valence-corrected chi connectivity index (χ4v) is 2.69. The second kappa shape index (κ2) is 6.07. The summed E-state index contributed by atoms with van der Waals surface area (Å²) in [5, 5.41) is 0. The first-order valence-corrected chi connectivity index (χ1v) is 7.32. The fraction of sp³-hybridized carbons (Fsp3) is 0.333. The molecule has 2 aromatic rings. The van der Waals surface area contributed by atoms with E-state index in [0.29, 0.717) is 43.2 Å². The van der Waals surface area contributed by atoms with Gasteiger partial charge in [-0.15, -0.1) is 0 Å². The smallest absolute Gasteiger partial charge is 0.274 e. The third-order valence-corrected chi connectivity index (χ3v) is 3.90. The van der Waals surface area contributed by atoms with Gasteiger partial charge in [-0.1, -0.05) is 6.07 Å². The predicted octanol–water partition coefficient (Wildman–Crippen LogP) is -0.724. The van der Waals surface area contributed by atoms with Crippen molar-refractivity contribution in [2.45, 2.75) is 6.42 Å². The molecule has 2 aromatic heterocycles. The van der Waals surface area contributed by atoms with Crippen molar-refractivity contribution in [3.8, 4) is 0 Å². The monoisotopic (exact) mass is 315 g/mol. The molecular weight excluding hydrogens is 298 g/mol. The third kappa shape index (κ3) is 3.01. The number of carbonyl (C=O) groups excluding carboxylic acids is 3. The number of piperazine rings is 1. The van der Waals surface area contributed by atoms with Crippen molar-refractivity contribution >= 4 is 23.9 Å². The Morgan fingerprint density at radius 1 is 1.22 bits per heavy atom. The Morgan fingerprint density at radius 3 is 2.61 bits per heavy atom. The number of pyridine rings is 1. The fourth-order valence-electron chi connectivity index (χ4n) is 2.69. The van der Waals surface area contributed by atoms with Crippen LogP contribution >= 0.6 is 0 Å². The molecule has 0 spiro atoms. The van der Waals surface area contributed by atoms with E-state index in [9.17, 15) is 14.4 Å². The van der Waals surface area contributed by atoms with Crippen molar-refractivity contribution in [1.29, 1.82) is 0 Å².